The molecule has 1 heterocycles. The molecule has 0 aliphatic carbocycles. The van der Waals surface area contributed by atoms with Crippen LogP contribution in [0.1, 0.15) is 0 Å². The fourth-order valence-corrected chi connectivity index (χ4v) is 5.33. The zero-order valence-electron chi connectivity index (χ0n) is 22.0. The lowest BCUT2D eigenvalue weighted by molar-refractivity contribution is 0.584. The van der Waals surface area contributed by atoms with Gasteiger partial charge in [0.1, 0.15) is 34.4 Å². The molecular formula is C36H21F4NO. The van der Waals surface area contributed by atoms with E-state index >= 15 is 0 Å². The molecule has 6 heteroatoms. The Kier molecular flexibility index (Phi) is 6.24. The lowest BCUT2D eigenvalue weighted by Crippen LogP contribution is -2.10. The highest BCUT2D eigenvalue weighted by atomic mass is 19.1. The van der Waals surface area contributed by atoms with E-state index in [4.69, 9.17) is 4.42 Å². The van der Waals surface area contributed by atoms with Crippen molar-refractivity contribution in [1.29, 1.82) is 0 Å². The number of hydrogen-bond acceptors (Lipinski definition) is 2. The Labute approximate surface area is 238 Å². The second-order valence-electron chi connectivity index (χ2n) is 10.0. The second kappa shape index (κ2) is 10.2. The Morgan fingerprint density at radius 2 is 0.929 bits per heavy atom. The average Bonchev–Trinajstić information content (AvgIpc) is 3.37. The van der Waals surface area contributed by atoms with Gasteiger partial charge >= 0.3 is 0 Å². The molecule has 0 atom stereocenters. The molecule has 0 aliphatic rings. The van der Waals surface area contributed by atoms with Crippen LogP contribution in [0.4, 0.5) is 34.6 Å². The van der Waals surface area contributed by atoms with E-state index in [1.54, 1.807) is 30.3 Å². The van der Waals surface area contributed by atoms with E-state index in [1.807, 2.05) is 59.5 Å². The molecule has 0 bridgehead atoms. The molecule has 0 N–H and O–H groups in total. The number of nitrogens with zero attached hydrogens (tertiary/aromatic N) is 1. The molecule has 0 amide bonds. The molecule has 42 heavy (non-hydrogen) atoms. The predicted octanol–water partition coefficient (Wildman–Crippen LogP) is 10.9. The maximum absolute atomic E-state index is 14.3. The summed E-state index contributed by atoms with van der Waals surface area (Å²) in [5, 5.41) is 1.97. The monoisotopic (exact) mass is 559 g/mol. The summed E-state index contributed by atoms with van der Waals surface area (Å²) in [7, 11) is 0. The Bertz CT molecular complexity index is 2020. The minimum Gasteiger partial charge on any atom is -0.456 e. The molecule has 2 nitrogen and oxygen atoms in total. The van der Waals surface area contributed by atoms with E-state index in [9.17, 15) is 17.6 Å². The summed E-state index contributed by atoms with van der Waals surface area (Å²) in [5.41, 5.74) is 5.80. The highest BCUT2D eigenvalue weighted by molar-refractivity contribution is 6.06. The topological polar surface area (TPSA) is 16.4 Å². The van der Waals surface area contributed by atoms with Gasteiger partial charge in [-0.2, -0.15) is 0 Å². The molecule has 7 rings (SSSR count). The fraction of sp³-hybridized carbons (Fsp3) is 0. The summed E-state index contributed by atoms with van der Waals surface area (Å²) in [4.78, 5) is 1.83. The van der Waals surface area contributed by atoms with Gasteiger partial charge in [0.25, 0.3) is 0 Å². The molecular weight excluding hydrogens is 538 g/mol. The van der Waals surface area contributed by atoms with Crippen molar-refractivity contribution in [3.05, 3.63) is 151 Å². The first kappa shape index (κ1) is 25.6. The van der Waals surface area contributed by atoms with Crippen molar-refractivity contribution in [2.45, 2.75) is 0 Å². The third-order valence-electron chi connectivity index (χ3n) is 7.25. The van der Waals surface area contributed by atoms with Crippen molar-refractivity contribution in [3.8, 4) is 22.3 Å². The molecule has 0 aliphatic heterocycles. The van der Waals surface area contributed by atoms with Crippen LogP contribution in [0.15, 0.2) is 132 Å². The van der Waals surface area contributed by atoms with Crippen LogP contribution in [0.25, 0.3) is 44.2 Å². The van der Waals surface area contributed by atoms with Gasteiger partial charge in [0, 0.05) is 33.9 Å². The quantitative estimate of drug-likeness (QED) is 0.195. The van der Waals surface area contributed by atoms with Crippen LogP contribution in [0.3, 0.4) is 0 Å². The lowest BCUT2D eigenvalue weighted by atomic mass is 9.96. The van der Waals surface area contributed by atoms with Crippen LogP contribution >= 0.6 is 0 Å². The highest BCUT2D eigenvalue weighted by Crippen LogP contribution is 2.41. The maximum atomic E-state index is 14.3. The first-order valence-electron chi connectivity index (χ1n) is 13.3. The summed E-state index contributed by atoms with van der Waals surface area (Å²) in [6, 6.07) is 34.5. The van der Waals surface area contributed by atoms with Crippen molar-refractivity contribution in [2.75, 3.05) is 4.90 Å². The molecule has 0 spiro atoms. The van der Waals surface area contributed by atoms with Gasteiger partial charge < -0.3 is 9.32 Å². The van der Waals surface area contributed by atoms with Gasteiger partial charge in [-0.15, -0.1) is 0 Å². The first-order valence-corrected chi connectivity index (χ1v) is 13.3. The van der Waals surface area contributed by atoms with Crippen LogP contribution in [0.5, 0.6) is 0 Å². The summed E-state index contributed by atoms with van der Waals surface area (Å²) < 4.78 is 62.6. The number of hydrogen-bond donors (Lipinski definition) is 0. The summed E-state index contributed by atoms with van der Waals surface area (Å²) >= 11 is 0. The Morgan fingerprint density at radius 1 is 0.381 bits per heavy atom. The molecule has 0 radical (unpaired) electrons. The smallest absolute Gasteiger partial charge is 0.136 e. The fourth-order valence-electron chi connectivity index (χ4n) is 5.33. The average molecular weight is 560 g/mol. The third-order valence-corrected chi connectivity index (χ3v) is 7.25. The number of halogens is 4. The summed E-state index contributed by atoms with van der Waals surface area (Å²) in [6.45, 7) is 0. The number of anilines is 3. The molecule has 6 aromatic carbocycles. The molecule has 0 fully saturated rings. The van der Waals surface area contributed by atoms with Gasteiger partial charge in [-0.25, -0.2) is 17.6 Å². The number of fused-ring (bicyclic) bond motifs is 3. The minimum atomic E-state index is -0.699. The summed E-state index contributed by atoms with van der Waals surface area (Å²) in [6.07, 6.45) is 0. The Hall–Kier alpha value is -5.36. The molecule has 204 valence electrons. The van der Waals surface area contributed by atoms with Crippen LogP contribution in [0, 0.1) is 23.3 Å². The molecule has 1 aromatic heterocycles. The first-order chi connectivity index (χ1) is 20.4. The Balaban J connectivity index is 1.47. The van der Waals surface area contributed by atoms with Gasteiger partial charge in [-0.1, -0.05) is 24.3 Å². The standard InChI is InChI=1S/C36H21F4NO/c37-26-6-10-30(11-7-26)41(31-12-8-27(38)9-13-31)32-18-23(15-24(19-32)25-16-28(39)21-29(40)17-25)22-5-14-34-33-3-1-2-4-35(33)42-36(34)20-22/h1-21H. The second-order valence-corrected chi connectivity index (χ2v) is 10.0. The van der Waals surface area contributed by atoms with Gasteiger partial charge in [0.15, 0.2) is 0 Å². The van der Waals surface area contributed by atoms with E-state index < -0.39 is 23.3 Å². The van der Waals surface area contributed by atoms with Crippen LogP contribution in [0.2, 0.25) is 0 Å². The van der Waals surface area contributed by atoms with E-state index in [1.165, 1.54) is 36.4 Å². The van der Waals surface area contributed by atoms with Crippen molar-refractivity contribution in [2.24, 2.45) is 0 Å². The van der Waals surface area contributed by atoms with Crippen molar-refractivity contribution >= 4 is 39.0 Å². The maximum Gasteiger partial charge on any atom is 0.136 e. The molecule has 7 aromatic rings. The number of rotatable bonds is 5. The van der Waals surface area contributed by atoms with E-state index in [-0.39, 0.29) is 0 Å². The van der Waals surface area contributed by atoms with E-state index in [2.05, 4.69) is 0 Å². The van der Waals surface area contributed by atoms with Crippen molar-refractivity contribution in [1.82, 2.24) is 0 Å². The zero-order chi connectivity index (χ0) is 28.8. The minimum absolute atomic E-state index is 0.346. The number of furan rings is 1. The van der Waals surface area contributed by atoms with Crippen LogP contribution in [-0.2, 0) is 0 Å². The molecule has 0 saturated heterocycles. The molecule has 0 saturated carbocycles. The third kappa shape index (κ3) is 4.77. The van der Waals surface area contributed by atoms with E-state index in [0.717, 1.165) is 33.5 Å². The predicted molar refractivity (Wildman–Crippen MR) is 159 cm³/mol. The van der Waals surface area contributed by atoms with Gasteiger partial charge in [-0.05, 0) is 119 Å². The van der Waals surface area contributed by atoms with Crippen LogP contribution in [-0.4, -0.2) is 0 Å². The number of benzene rings is 6. The lowest BCUT2D eigenvalue weighted by Gasteiger charge is -2.27. The zero-order valence-corrected chi connectivity index (χ0v) is 22.0. The van der Waals surface area contributed by atoms with Gasteiger partial charge in [-0.3, -0.25) is 0 Å². The van der Waals surface area contributed by atoms with Crippen molar-refractivity contribution < 1.29 is 22.0 Å². The summed E-state index contributed by atoms with van der Waals surface area (Å²) in [5.74, 6) is -2.20. The Morgan fingerprint density at radius 3 is 1.57 bits per heavy atom. The largest absolute Gasteiger partial charge is 0.456 e. The van der Waals surface area contributed by atoms with Gasteiger partial charge in [0.2, 0.25) is 0 Å². The SMILES string of the molecule is Fc1ccc(N(c2ccc(F)cc2)c2cc(-c3cc(F)cc(F)c3)cc(-c3ccc4c(c3)oc3ccccc34)c2)cc1. The highest BCUT2D eigenvalue weighted by Gasteiger charge is 2.17. The number of para-hydroxylation sites is 1. The van der Waals surface area contributed by atoms with Gasteiger partial charge in [0.05, 0.1) is 0 Å². The van der Waals surface area contributed by atoms with E-state index in [0.29, 0.717) is 33.8 Å². The molecule has 0 unspecified atom stereocenters. The van der Waals surface area contributed by atoms with Crippen LogP contribution < -0.4 is 4.90 Å². The van der Waals surface area contributed by atoms with Crippen molar-refractivity contribution in [3.63, 3.8) is 0 Å². The normalized spacial score (nSPS) is 11.3.